The van der Waals surface area contributed by atoms with Crippen LogP contribution in [0.5, 0.6) is 0 Å². The van der Waals surface area contributed by atoms with Crippen LogP contribution in [0.1, 0.15) is 73.1 Å². The van der Waals surface area contributed by atoms with E-state index in [9.17, 15) is 9.18 Å². The Bertz CT molecular complexity index is 1000. The van der Waals surface area contributed by atoms with Crippen LogP contribution in [0, 0.1) is 5.82 Å². The summed E-state index contributed by atoms with van der Waals surface area (Å²) in [4.78, 5) is 19.2. The van der Waals surface area contributed by atoms with Crippen molar-refractivity contribution in [3.63, 3.8) is 0 Å². The minimum Gasteiger partial charge on any atom is -0.443 e. The highest BCUT2D eigenvalue weighted by Crippen LogP contribution is 2.33. The minimum absolute atomic E-state index is 0.103. The highest BCUT2D eigenvalue weighted by atomic mass is 19.1. The molecular formula is C22H25FN4O2. The number of oxazole rings is 1. The Balaban J connectivity index is 1.50. The predicted octanol–water partition coefficient (Wildman–Crippen LogP) is 4.40. The Hall–Kier alpha value is -2.96. The molecule has 0 radical (unpaired) electrons. The second-order valence-corrected chi connectivity index (χ2v) is 8.54. The quantitative estimate of drug-likeness (QED) is 0.709. The third-order valence-corrected chi connectivity index (χ3v) is 5.27. The molecule has 1 aliphatic rings. The molecule has 1 aliphatic heterocycles. The van der Waals surface area contributed by atoms with Crippen molar-refractivity contribution in [1.29, 1.82) is 0 Å². The van der Waals surface area contributed by atoms with Crippen molar-refractivity contribution in [3.05, 3.63) is 70.9 Å². The van der Waals surface area contributed by atoms with Crippen molar-refractivity contribution in [3.8, 4) is 0 Å². The molecular weight excluding hydrogens is 371 g/mol. The van der Waals surface area contributed by atoms with Crippen molar-refractivity contribution >= 4 is 5.91 Å². The van der Waals surface area contributed by atoms with E-state index in [4.69, 9.17) is 4.42 Å². The Labute approximate surface area is 169 Å². The number of amides is 1. The number of aromatic amines is 1. The van der Waals surface area contributed by atoms with Gasteiger partial charge in [0, 0.05) is 24.1 Å². The van der Waals surface area contributed by atoms with E-state index in [0.29, 0.717) is 30.3 Å². The van der Waals surface area contributed by atoms with Crippen LogP contribution in [0.3, 0.4) is 0 Å². The molecule has 4 rings (SSSR count). The van der Waals surface area contributed by atoms with E-state index in [1.165, 1.54) is 12.1 Å². The maximum atomic E-state index is 13.1. The topological polar surface area (TPSA) is 75.0 Å². The van der Waals surface area contributed by atoms with Crippen LogP contribution in [-0.2, 0) is 11.8 Å². The molecule has 152 valence electrons. The lowest BCUT2D eigenvalue weighted by atomic mass is 9.92. The zero-order valence-electron chi connectivity index (χ0n) is 16.9. The van der Waals surface area contributed by atoms with E-state index in [-0.39, 0.29) is 23.2 Å². The van der Waals surface area contributed by atoms with Crippen LogP contribution < -0.4 is 0 Å². The highest BCUT2D eigenvalue weighted by Gasteiger charge is 2.35. The summed E-state index contributed by atoms with van der Waals surface area (Å²) in [6.45, 7) is 6.87. The van der Waals surface area contributed by atoms with Crippen LogP contribution in [-0.4, -0.2) is 32.5 Å². The van der Waals surface area contributed by atoms with Gasteiger partial charge in [0.2, 0.25) is 5.89 Å². The molecule has 29 heavy (non-hydrogen) atoms. The second-order valence-electron chi connectivity index (χ2n) is 8.54. The number of likely N-dealkylation sites (tertiary alicyclic amines) is 1. The molecule has 1 fully saturated rings. The fraction of sp³-hybridized carbons (Fsp3) is 0.409. The van der Waals surface area contributed by atoms with Crippen molar-refractivity contribution in [2.24, 2.45) is 0 Å². The van der Waals surface area contributed by atoms with Crippen LogP contribution in [0.2, 0.25) is 0 Å². The standard InChI is InChI=1S/C22H25FN4O2/c1-22(2,3)19-12-17(25-26-19)21(28)27-10-4-5-18(27)20-24-13-16(29-20)11-14-6-8-15(23)9-7-14/h6-9,12-13,18H,4-5,10-11H2,1-3H3,(H,25,26)/t18-/m1/s1. The molecule has 0 aliphatic carbocycles. The molecule has 2 aromatic heterocycles. The van der Waals surface area contributed by atoms with Gasteiger partial charge in [-0.25, -0.2) is 9.37 Å². The van der Waals surface area contributed by atoms with E-state index in [0.717, 1.165) is 24.1 Å². The van der Waals surface area contributed by atoms with Gasteiger partial charge >= 0.3 is 0 Å². The zero-order valence-corrected chi connectivity index (χ0v) is 16.9. The van der Waals surface area contributed by atoms with Gasteiger partial charge in [0.05, 0.1) is 6.20 Å². The van der Waals surface area contributed by atoms with Gasteiger partial charge in [0.25, 0.3) is 5.91 Å². The number of rotatable bonds is 4. The zero-order chi connectivity index (χ0) is 20.6. The van der Waals surface area contributed by atoms with Gasteiger partial charge in [-0.05, 0) is 36.6 Å². The Morgan fingerprint density at radius 2 is 2.07 bits per heavy atom. The average molecular weight is 396 g/mol. The predicted molar refractivity (Wildman–Crippen MR) is 106 cm³/mol. The van der Waals surface area contributed by atoms with E-state index in [1.807, 2.05) is 6.07 Å². The lowest BCUT2D eigenvalue weighted by Gasteiger charge is -2.21. The number of carbonyl (C=O) groups excluding carboxylic acids is 1. The summed E-state index contributed by atoms with van der Waals surface area (Å²) in [6.07, 6.45) is 3.91. The first kappa shape index (κ1) is 19.4. The SMILES string of the molecule is CC(C)(C)c1cc(C(=O)N2CCC[C@@H]2c2ncc(Cc3ccc(F)cc3)o2)n[nH]1. The Morgan fingerprint density at radius 3 is 2.76 bits per heavy atom. The van der Waals surface area contributed by atoms with Crippen molar-refractivity contribution in [2.75, 3.05) is 6.54 Å². The monoisotopic (exact) mass is 396 g/mol. The third kappa shape index (κ3) is 4.09. The lowest BCUT2D eigenvalue weighted by molar-refractivity contribution is 0.0708. The molecule has 3 heterocycles. The van der Waals surface area contributed by atoms with E-state index in [1.54, 1.807) is 23.2 Å². The summed E-state index contributed by atoms with van der Waals surface area (Å²) in [5, 5.41) is 7.20. The average Bonchev–Trinajstić information content (AvgIpc) is 3.42. The normalized spacial score (nSPS) is 17.1. The molecule has 1 atom stereocenters. The summed E-state index contributed by atoms with van der Waals surface area (Å²) < 4.78 is 19.0. The molecule has 0 saturated carbocycles. The van der Waals surface area contributed by atoms with Crippen molar-refractivity contribution in [2.45, 2.75) is 51.5 Å². The molecule has 0 bridgehead atoms. The first-order valence-corrected chi connectivity index (χ1v) is 9.87. The maximum absolute atomic E-state index is 13.1. The number of benzene rings is 1. The number of nitrogens with one attached hydrogen (secondary N) is 1. The van der Waals surface area contributed by atoms with Gasteiger partial charge in [-0.2, -0.15) is 5.10 Å². The number of hydrogen-bond acceptors (Lipinski definition) is 4. The Morgan fingerprint density at radius 1 is 1.31 bits per heavy atom. The Kier molecular flexibility index (Phi) is 4.98. The molecule has 3 aromatic rings. The largest absolute Gasteiger partial charge is 0.443 e. The summed E-state index contributed by atoms with van der Waals surface area (Å²) in [7, 11) is 0. The maximum Gasteiger partial charge on any atom is 0.275 e. The number of carbonyl (C=O) groups is 1. The molecule has 1 aromatic carbocycles. The van der Waals surface area contributed by atoms with Crippen LogP contribution in [0.25, 0.3) is 0 Å². The number of hydrogen-bond donors (Lipinski definition) is 1. The minimum atomic E-state index is -0.264. The molecule has 0 spiro atoms. The molecule has 1 amide bonds. The van der Waals surface area contributed by atoms with Crippen LogP contribution >= 0.6 is 0 Å². The van der Waals surface area contributed by atoms with Crippen molar-refractivity contribution < 1.29 is 13.6 Å². The first-order chi connectivity index (χ1) is 13.8. The van der Waals surface area contributed by atoms with Gasteiger partial charge < -0.3 is 9.32 Å². The molecule has 1 saturated heterocycles. The van der Waals surface area contributed by atoms with Crippen LogP contribution in [0.4, 0.5) is 4.39 Å². The first-order valence-electron chi connectivity index (χ1n) is 9.87. The number of H-pyrrole nitrogens is 1. The van der Waals surface area contributed by atoms with E-state index < -0.39 is 0 Å². The van der Waals surface area contributed by atoms with Gasteiger partial charge in [0.1, 0.15) is 23.3 Å². The molecule has 1 N–H and O–H groups in total. The van der Waals surface area contributed by atoms with Gasteiger partial charge in [-0.3, -0.25) is 9.89 Å². The summed E-state index contributed by atoms with van der Waals surface area (Å²) in [5.41, 5.74) is 2.18. The fourth-order valence-electron chi connectivity index (χ4n) is 3.59. The summed E-state index contributed by atoms with van der Waals surface area (Å²) >= 11 is 0. The van der Waals surface area contributed by atoms with Crippen molar-refractivity contribution in [1.82, 2.24) is 20.1 Å². The van der Waals surface area contributed by atoms with Crippen LogP contribution in [0.15, 0.2) is 40.9 Å². The molecule has 0 unspecified atom stereocenters. The number of nitrogens with zero attached hydrogens (tertiary/aromatic N) is 3. The van der Waals surface area contributed by atoms with Gasteiger partial charge in [0.15, 0.2) is 0 Å². The summed E-state index contributed by atoms with van der Waals surface area (Å²) in [6, 6.07) is 7.95. The number of aromatic nitrogens is 3. The highest BCUT2D eigenvalue weighted by molar-refractivity contribution is 5.92. The van der Waals surface area contributed by atoms with E-state index in [2.05, 4.69) is 36.0 Å². The second kappa shape index (κ2) is 7.46. The number of halogens is 1. The fourth-order valence-corrected chi connectivity index (χ4v) is 3.59. The lowest BCUT2D eigenvalue weighted by Crippen LogP contribution is -2.31. The third-order valence-electron chi connectivity index (χ3n) is 5.27. The molecule has 6 nitrogen and oxygen atoms in total. The van der Waals surface area contributed by atoms with Gasteiger partial charge in [-0.1, -0.05) is 32.9 Å². The summed E-state index contributed by atoms with van der Waals surface area (Å²) in [5.74, 6) is 0.859. The molecule has 7 heteroatoms. The smallest absolute Gasteiger partial charge is 0.275 e. The van der Waals surface area contributed by atoms with Gasteiger partial charge in [-0.15, -0.1) is 0 Å². The van der Waals surface area contributed by atoms with E-state index >= 15 is 0 Å².